The van der Waals surface area contributed by atoms with Gasteiger partial charge in [-0.2, -0.15) is 5.10 Å². The van der Waals surface area contributed by atoms with Gasteiger partial charge in [-0.15, -0.1) is 6.58 Å². The third kappa shape index (κ3) is 4.35. The van der Waals surface area contributed by atoms with E-state index in [1.54, 1.807) is 0 Å². The molecule has 1 aromatic heterocycles. The van der Waals surface area contributed by atoms with Crippen LogP contribution < -0.4 is 5.32 Å². The van der Waals surface area contributed by atoms with E-state index in [4.69, 9.17) is 0 Å². The molecule has 1 rings (SSSR count). The maximum Gasteiger partial charge on any atom is 0.0641 e. The lowest BCUT2D eigenvalue weighted by Crippen LogP contribution is -2.22. The van der Waals surface area contributed by atoms with Crippen molar-refractivity contribution in [1.29, 1.82) is 0 Å². The van der Waals surface area contributed by atoms with Crippen LogP contribution in [0, 0.1) is 6.92 Å². The van der Waals surface area contributed by atoms with Crippen LogP contribution in [0.2, 0.25) is 0 Å². The number of nitrogens with zero attached hydrogens (tertiary/aromatic N) is 2. The summed E-state index contributed by atoms with van der Waals surface area (Å²) in [6.45, 7) is 11.4. The Kier molecular flexibility index (Phi) is 5.42. The van der Waals surface area contributed by atoms with E-state index in [-0.39, 0.29) is 0 Å². The van der Waals surface area contributed by atoms with Crippen LogP contribution in [-0.4, -0.2) is 16.3 Å². The molecule has 0 fully saturated rings. The molecule has 0 aliphatic heterocycles. The minimum absolute atomic E-state index is 0.403. The smallest absolute Gasteiger partial charge is 0.0641 e. The van der Waals surface area contributed by atoms with Crippen LogP contribution in [-0.2, 0) is 7.05 Å². The summed E-state index contributed by atoms with van der Waals surface area (Å²) in [5, 5.41) is 8.02. The van der Waals surface area contributed by atoms with Gasteiger partial charge in [0.15, 0.2) is 0 Å². The van der Waals surface area contributed by atoms with Crippen LogP contribution in [0.4, 0.5) is 0 Å². The summed E-state index contributed by atoms with van der Waals surface area (Å²) in [5.74, 6) is 0. The van der Waals surface area contributed by atoms with Gasteiger partial charge in [0, 0.05) is 24.8 Å². The van der Waals surface area contributed by atoms with E-state index >= 15 is 0 Å². The van der Waals surface area contributed by atoms with E-state index in [1.165, 1.54) is 11.1 Å². The third-order valence-electron chi connectivity index (χ3n) is 2.93. The first-order chi connectivity index (χ1) is 8.04. The van der Waals surface area contributed by atoms with Gasteiger partial charge in [0.25, 0.3) is 0 Å². The summed E-state index contributed by atoms with van der Waals surface area (Å²) >= 11 is 0. The number of allylic oxidation sites excluding steroid dienone is 1. The van der Waals surface area contributed by atoms with E-state index in [0.29, 0.717) is 6.04 Å². The molecule has 0 saturated heterocycles. The Balaban J connectivity index is 2.74. The maximum atomic E-state index is 4.42. The van der Waals surface area contributed by atoms with Gasteiger partial charge in [0.2, 0.25) is 0 Å². The van der Waals surface area contributed by atoms with Crippen molar-refractivity contribution in [1.82, 2.24) is 15.1 Å². The molecule has 0 aliphatic rings. The van der Waals surface area contributed by atoms with Gasteiger partial charge in [-0.05, 0) is 39.7 Å². The molecule has 1 aromatic rings. The van der Waals surface area contributed by atoms with Crippen molar-refractivity contribution < 1.29 is 0 Å². The van der Waals surface area contributed by atoms with Gasteiger partial charge in [-0.25, -0.2) is 0 Å². The molecular weight excluding hydrogens is 210 g/mol. The maximum absolute atomic E-state index is 4.42. The molecular formula is C14H25N3. The van der Waals surface area contributed by atoms with Crippen LogP contribution >= 0.6 is 0 Å². The zero-order valence-electron chi connectivity index (χ0n) is 11.6. The van der Waals surface area contributed by atoms with E-state index in [2.05, 4.69) is 44.0 Å². The predicted octanol–water partition coefficient (Wildman–Crippen LogP) is 3.13. The van der Waals surface area contributed by atoms with Crippen molar-refractivity contribution in [3.05, 3.63) is 29.6 Å². The molecule has 0 saturated carbocycles. The van der Waals surface area contributed by atoms with Gasteiger partial charge in [0.1, 0.15) is 0 Å². The minimum Gasteiger partial charge on any atom is -0.310 e. The number of hydrogen-bond donors (Lipinski definition) is 1. The first-order valence-electron chi connectivity index (χ1n) is 6.42. The molecule has 0 spiro atoms. The highest BCUT2D eigenvalue weighted by Gasteiger charge is 2.15. The average Bonchev–Trinajstić information content (AvgIpc) is 2.58. The summed E-state index contributed by atoms with van der Waals surface area (Å²) in [7, 11) is 1.98. The second-order valence-electron chi connectivity index (χ2n) is 4.85. The van der Waals surface area contributed by atoms with Gasteiger partial charge in [-0.1, -0.05) is 12.5 Å². The third-order valence-corrected chi connectivity index (χ3v) is 2.93. The topological polar surface area (TPSA) is 29.9 Å². The minimum atomic E-state index is 0.403. The van der Waals surface area contributed by atoms with Crippen LogP contribution in [0.25, 0.3) is 0 Å². The van der Waals surface area contributed by atoms with Gasteiger partial charge >= 0.3 is 0 Å². The Morgan fingerprint density at radius 3 is 2.76 bits per heavy atom. The standard InChI is InChI=1S/C14H25N3/c1-6-9-15-14(8-7-11(2)3)13-10-17(5)16-12(13)4/h10,14-15H,2,6-9H2,1,3-5H3. The molecule has 0 aromatic carbocycles. The Bertz CT molecular complexity index is 366. The molecule has 0 bridgehead atoms. The molecule has 17 heavy (non-hydrogen) atoms. The van der Waals surface area contributed by atoms with Crippen LogP contribution in [0.15, 0.2) is 18.3 Å². The highest BCUT2D eigenvalue weighted by molar-refractivity contribution is 5.20. The molecule has 1 atom stereocenters. The summed E-state index contributed by atoms with van der Waals surface area (Å²) in [4.78, 5) is 0. The van der Waals surface area contributed by atoms with Crippen molar-refractivity contribution in [3.63, 3.8) is 0 Å². The summed E-state index contributed by atoms with van der Waals surface area (Å²) in [6, 6.07) is 0.403. The quantitative estimate of drug-likeness (QED) is 0.736. The van der Waals surface area contributed by atoms with E-state index in [0.717, 1.165) is 31.5 Å². The average molecular weight is 235 g/mol. The van der Waals surface area contributed by atoms with Crippen LogP contribution in [0.3, 0.4) is 0 Å². The fraction of sp³-hybridized carbons (Fsp3) is 0.643. The fourth-order valence-electron chi connectivity index (χ4n) is 2.04. The second kappa shape index (κ2) is 6.60. The van der Waals surface area contributed by atoms with Crippen molar-refractivity contribution in [2.75, 3.05) is 6.54 Å². The van der Waals surface area contributed by atoms with E-state index < -0.39 is 0 Å². The SMILES string of the molecule is C=C(C)CCC(NCCC)c1cn(C)nc1C. The second-order valence-corrected chi connectivity index (χ2v) is 4.85. The Labute approximate surface area is 105 Å². The normalized spacial score (nSPS) is 12.7. The first-order valence-corrected chi connectivity index (χ1v) is 6.42. The number of hydrogen-bond acceptors (Lipinski definition) is 2. The first kappa shape index (κ1) is 14.0. The molecule has 0 radical (unpaired) electrons. The van der Waals surface area contributed by atoms with Crippen molar-refractivity contribution in [3.8, 4) is 0 Å². The predicted molar refractivity (Wildman–Crippen MR) is 73.0 cm³/mol. The number of aryl methyl sites for hydroxylation is 2. The van der Waals surface area contributed by atoms with E-state index in [9.17, 15) is 0 Å². The molecule has 96 valence electrons. The number of aromatic nitrogens is 2. The molecule has 1 unspecified atom stereocenters. The summed E-state index contributed by atoms with van der Waals surface area (Å²) in [6.07, 6.45) is 5.45. The zero-order valence-corrected chi connectivity index (χ0v) is 11.6. The van der Waals surface area contributed by atoms with Gasteiger partial charge in [-0.3, -0.25) is 4.68 Å². The van der Waals surface area contributed by atoms with Crippen LogP contribution in [0.1, 0.15) is 50.4 Å². The lowest BCUT2D eigenvalue weighted by molar-refractivity contribution is 0.496. The Morgan fingerprint density at radius 1 is 1.59 bits per heavy atom. The van der Waals surface area contributed by atoms with Crippen molar-refractivity contribution in [2.45, 2.75) is 46.1 Å². The largest absolute Gasteiger partial charge is 0.310 e. The van der Waals surface area contributed by atoms with Gasteiger partial charge in [0.05, 0.1) is 5.69 Å². The van der Waals surface area contributed by atoms with Crippen molar-refractivity contribution in [2.24, 2.45) is 7.05 Å². The fourth-order valence-corrected chi connectivity index (χ4v) is 2.04. The zero-order chi connectivity index (χ0) is 12.8. The monoisotopic (exact) mass is 235 g/mol. The molecule has 3 nitrogen and oxygen atoms in total. The molecule has 1 heterocycles. The molecule has 3 heteroatoms. The van der Waals surface area contributed by atoms with Crippen LogP contribution in [0.5, 0.6) is 0 Å². The Hall–Kier alpha value is -1.09. The molecule has 0 aliphatic carbocycles. The summed E-state index contributed by atoms with van der Waals surface area (Å²) in [5.41, 5.74) is 3.69. The number of nitrogens with one attached hydrogen (secondary N) is 1. The highest BCUT2D eigenvalue weighted by atomic mass is 15.3. The van der Waals surface area contributed by atoms with E-state index in [1.807, 2.05) is 11.7 Å². The highest BCUT2D eigenvalue weighted by Crippen LogP contribution is 2.22. The van der Waals surface area contributed by atoms with Crippen molar-refractivity contribution >= 4 is 0 Å². The molecule has 1 N–H and O–H groups in total. The molecule has 0 amide bonds. The lowest BCUT2D eigenvalue weighted by atomic mass is 10.0. The summed E-state index contributed by atoms with van der Waals surface area (Å²) < 4.78 is 1.89. The van der Waals surface area contributed by atoms with Gasteiger partial charge < -0.3 is 5.32 Å². The Morgan fingerprint density at radius 2 is 2.29 bits per heavy atom. The number of rotatable bonds is 7. The lowest BCUT2D eigenvalue weighted by Gasteiger charge is -2.18.